The van der Waals surface area contributed by atoms with E-state index in [2.05, 4.69) is 0 Å². The summed E-state index contributed by atoms with van der Waals surface area (Å²) in [5, 5.41) is 9.26. The van der Waals surface area contributed by atoms with Crippen molar-refractivity contribution in [2.24, 2.45) is 5.41 Å². The van der Waals surface area contributed by atoms with Crippen LogP contribution < -0.4 is 9.47 Å². The van der Waals surface area contributed by atoms with E-state index >= 15 is 0 Å². The normalized spacial score (nSPS) is 12.0. The number of benzene rings is 2. The molecule has 0 aromatic heterocycles. The minimum atomic E-state index is -0.979. The molecule has 0 fully saturated rings. The topological polar surface area (TPSA) is 94.5 Å². The predicted molar refractivity (Wildman–Crippen MR) is 142 cm³/mol. The van der Waals surface area contributed by atoms with E-state index in [1.165, 1.54) is 0 Å². The molecule has 8 heteroatoms. The first-order chi connectivity index (χ1) is 17.7. The fourth-order valence-corrected chi connectivity index (χ4v) is 3.40. The highest BCUT2D eigenvalue weighted by Crippen LogP contribution is 2.16. The van der Waals surface area contributed by atoms with Crippen molar-refractivity contribution in [3.05, 3.63) is 60.2 Å². The van der Waals surface area contributed by atoms with Crippen LogP contribution in [0.1, 0.15) is 46.1 Å². The molecule has 0 aliphatic rings. The lowest BCUT2D eigenvalue weighted by molar-refractivity contribution is -0.149. The van der Waals surface area contributed by atoms with Crippen molar-refractivity contribution >= 4 is 12.1 Å². The highest BCUT2D eigenvalue weighted by atomic mass is 16.6. The molecule has 0 aliphatic carbocycles. The van der Waals surface area contributed by atoms with Gasteiger partial charge in [-0.2, -0.15) is 0 Å². The maximum absolute atomic E-state index is 12.7. The third kappa shape index (κ3) is 12.5. The second kappa shape index (κ2) is 15.8. The molecule has 2 aromatic rings. The number of rotatable bonds is 16. The number of carbonyl (C=O) groups is 2. The predicted octanol–water partition coefficient (Wildman–Crippen LogP) is 5.44. The van der Waals surface area contributed by atoms with Crippen molar-refractivity contribution in [3.63, 3.8) is 0 Å². The van der Waals surface area contributed by atoms with E-state index in [1.807, 2.05) is 63.2 Å². The van der Waals surface area contributed by atoms with E-state index in [0.29, 0.717) is 45.3 Å². The average Bonchev–Trinajstić information content (AvgIpc) is 2.86. The monoisotopic (exact) mass is 515 g/mol. The first-order valence-corrected chi connectivity index (χ1v) is 12.8. The third-order valence-electron chi connectivity index (χ3n) is 5.34. The molecule has 1 N–H and O–H groups in total. The number of nitrogens with zero attached hydrogens (tertiary/aromatic N) is 1. The molecule has 2 rings (SSSR count). The SMILES string of the molecule is CCOC(Cc1ccc(OCCN(CCCCOc2ccccc2)C(=O)OCC(C)(C)C)cc1)C(=O)O. The molecule has 0 aliphatic heterocycles. The standard InChI is InChI=1S/C29H41NO7/c1-5-34-26(27(31)32)21-23-13-15-25(16-14-23)36-20-18-30(28(33)37-22-29(2,3)4)17-9-10-19-35-24-11-7-6-8-12-24/h6-8,11-16,26H,5,9-10,17-22H2,1-4H3,(H,31,32). The number of unbranched alkanes of at least 4 members (excludes halogenated alkanes) is 1. The van der Waals surface area contributed by atoms with Crippen LogP contribution in [0.15, 0.2) is 54.6 Å². The van der Waals surface area contributed by atoms with Gasteiger partial charge in [0.05, 0.1) is 19.8 Å². The molecule has 0 radical (unpaired) electrons. The van der Waals surface area contributed by atoms with E-state index in [4.69, 9.17) is 18.9 Å². The fraction of sp³-hybridized carbons (Fsp3) is 0.517. The summed E-state index contributed by atoms with van der Waals surface area (Å²) in [6.07, 6.45) is 0.636. The Morgan fingerprint density at radius 3 is 2.16 bits per heavy atom. The van der Waals surface area contributed by atoms with Crippen LogP contribution in [0.4, 0.5) is 4.79 Å². The quantitative estimate of drug-likeness (QED) is 0.297. The third-order valence-corrected chi connectivity index (χ3v) is 5.34. The molecule has 0 saturated carbocycles. The highest BCUT2D eigenvalue weighted by molar-refractivity contribution is 5.72. The van der Waals surface area contributed by atoms with Gasteiger partial charge in [0.25, 0.3) is 0 Å². The van der Waals surface area contributed by atoms with Crippen molar-refractivity contribution in [1.29, 1.82) is 0 Å². The molecular weight excluding hydrogens is 474 g/mol. The number of carboxylic acid groups (broad SMARTS) is 1. The van der Waals surface area contributed by atoms with Gasteiger partial charge in [-0.25, -0.2) is 9.59 Å². The Bertz CT molecular complexity index is 926. The molecule has 8 nitrogen and oxygen atoms in total. The van der Waals surface area contributed by atoms with Gasteiger partial charge >= 0.3 is 12.1 Å². The van der Waals surface area contributed by atoms with Gasteiger partial charge in [-0.1, -0.05) is 51.1 Å². The minimum absolute atomic E-state index is 0.120. The van der Waals surface area contributed by atoms with Crippen molar-refractivity contribution in [2.45, 2.75) is 53.1 Å². The number of carbonyl (C=O) groups excluding carboxylic acids is 1. The van der Waals surface area contributed by atoms with Gasteiger partial charge in [-0.05, 0) is 55.0 Å². The Kier molecular flexibility index (Phi) is 12.8. The molecule has 1 unspecified atom stereocenters. The fourth-order valence-electron chi connectivity index (χ4n) is 3.40. The van der Waals surface area contributed by atoms with Gasteiger partial charge in [-0.15, -0.1) is 0 Å². The average molecular weight is 516 g/mol. The summed E-state index contributed by atoms with van der Waals surface area (Å²) in [6, 6.07) is 16.9. The molecule has 0 spiro atoms. The largest absolute Gasteiger partial charge is 0.494 e. The lowest BCUT2D eigenvalue weighted by atomic mass is 9.99. The van der Waals surface area contributed by atoms with E-state index in [0.717, 1.165) is 24.2 Å². The molecule has 2 aromatic carbocycles. The number of carboxylic acids is 1. The lowest BCUT2D eigenvalue weighted by Gasteiger charge is -2.25. The lowest BCUT2D eigenvalue weighted by Crippen LogP contribution is -2.37. The summed E-state index contributed by atoms with van der Waals surface area (Å²) < 4.78 is 22.4. The maximum Gasteiger partial charge on any atom is 0.409 e. The Balaban J connectivity index is 1.83. The summed E-state index contributed by atoms with van der Waals surface area (Å²) in [5.74, 6) is 0.498. The van der Waals surface area contributed by atoms with Crippen molar-refractivity contribution in [2.75, 3.05) is 39.5 Å². The van der Waals surface area contributed by atoms with Crippen LogP contribution >= 0.6 is 0 Å². The van der Waals surface area contributed by atoms with Gasteiger partial charge in [0.15, 0.2) is 6.10 Å². The van der Waals surface area contributed by atoms with Crippen LogP contribution in [0, 0.1) is 5.41 Å². The number of aliphatic carboxylic acids is 1. The second-order valence-corrected chi connectivity index (χ2v) is 9.95. The summed E-state index contributed by atoms with van der Waals surface area (Å²) in [6.45, 7) is 10.3. The van der Waals surface area contributed by atoms with E-state index in [-0.39, 0.29) is 17.9 Å². The van der Waals surface area contributed by atoms with E-state index in [1.54, 1.807) is 24.0 Å². The molecule has 37 heavy (non-hydrogen) atoms. The molecule has 204 valence electrons. The number of hydrogen-bond acceptors (Lipinski definition) is 6. The molecule has 0 bridgehead atoms. The number of hydrogen-bond donors (Lipinski definition) is 1. The van der Waals surface area contributed by atoms with Gasteiger partial charge in [-0.3, -0.25) is 0 Å². The Morgan fingerprint density at radius 1 is 0.892 bits per heavy atom. The summed E-state index contributed by atoms with van der Waals surface area (Å²) in [4.78, 5) is 25.7. The second-order valence-electron chi connectivity index (χ2n) is 9.95. The number of amides is 1. The van der Waals surface area contributed by atoms with Gasteiger partial charge in [0, 0.05) is 19.6 Å². The van der Waals surface area contributed by atoms with Gasteiger partial charge < -0.3 is 29.0 Å². The molecule has 0 heterocycles. The summed E-state index contributed by atoms with van der Waals surface area (Å²) >= 11 is 0. The maximum atomic E-state index is 12.7. The zero-order valence-electron chi connectivity index (χ0n) is 22.5. The highest BCUT2D eigenvalue weighted by Gasteiger charge is 2.20. The Hall–Kier alpha value is -3.26. The molecule has 0 saturated heterocycles. The van der Waals surface area contributed by atoms with Crippen LogP contribution in [-0.2, 0) is 20.7 Å². The summed E-state index contributed by atoms with van der Waals surface area (Å²) in [5.41, 5.74) is 0.726. The molecule has 1 atom stereocenters. The van der Waals surface area contributed by atoms with Crippen LogP contribution in [0.25, 0.3) is 0 Å². The molecular formula is C29H41NO7. The van der Waals surface area contributed by atoms with Gasteiger partial charge in [0.1, 0.15) is 18.1 Å². The van der Waals surface area contributed by atoms with Crippen LogP contribution in [-0.4, -0.2) is 67.7 Å². The van der Waals surface area contributed by atoms with Gasteiger partial charge in [0.2, 0.25) is 0 Å². The first-order valence-electron chi connectivity index (χ1n) is 12.8. The Morgan fingerprint density at radius 2 is 1.54 bits per heavy atom. The number of para-hydroxylation sites is 1. The van der Waals surface area contributed by atoms with Crippen LogP contribution in [0.3, 0.4) is 0 Å². The van der Waals surface area contributed by atoms with Crippen molar-refractivity contribution < 1.29 is 33.6 Å². The van der Waals surface area contributed by atoms with Crippen LogP contribution in [0.5, 0.6) is 11.5 Å². The zero-order chi connectivity index (χ0) is 27.1. The first kappa shape index (κ1) is 30.0. The smallest absolute Gasteiger partial charge is 0.409 e. The Labute approximate surface area is 220 Å². The minimum Gasteiger partial charge on any atom is -0.494 e. The van der Waals surface area contributed by atoms with Crippen molar-refractivity contribution in [3.8, 4) is 11.5 Å². The van der Waals surface area contributed by atoms with Crippen molar-refractivity contribution in [1.82, 2.24) is 4.90 Å². The summed E-state index contributed by atoms with van der Waals surface area (Å²) in [7, 11) is 0. The number of ether oxygens (including phenoxy) is 4. The van der Waals surface area contributed by atoms with E-state index in [9.17, 15) is 14.7 Å². The van der Waals surface area contributed by atoms with E-state index < -0.39 is 12.1 Å². The van der Waals surface area contributed by atoms with Crippen LogP contribution in [0.2, 0.25) is 0 Å². The zero-order valence-corrected chi connectivity index (χ0v) is 22.5. The molecule has 1 amide bonds.